The summed E-state index contributed by atoms with van der Waals surface area (Å²) < 4.78 is 0. The van der Waals surface area contributed by atoms with Gasteiger partial charge in [-0.15, -0.1) is 0 Å². The van der Waals surface area contributed by atoms with E-state index in [1.807, 2.05) is 4.90 Å². The maximum Gasteiger partial charge on any atom is 0.317 e. The first-order chi connectivity index (χ1) is 8.46. The fourth-order valence-corrected chi connectivity index (χ4v) is 2.70. The van der Waals surface area contributed by atoms with Crippen molar-refractivity contribution in [3.8, 4) is 0 Å². The number of nitrogens with zero attached hydrogens (tertiary/aromatic N) is 1. The normalized spacial score (nSPS) is 25.3. The lowest BCUT2D eigenvalue weighted by Crippen LogP contribution is -2.47. The zero-order chi connectivity index (χ0) is 13.3. The quantitative estimate of drug-likeness (QED) is 0.802. The minimum atomic E-state index is -0.787. The van der Waals surface area contributed by atoms with Gasteiger partial charge in [0.15, 0.2) is 0 Å². The van der Waals surface area contributed by atoms with Gasteiger partial charge in [0.1, 0.15) is 0 Å². The number of carboxylic acid groups (broad SMARTS) is 1. The molecule has 1 saturated heterocycles. The molecule has 1 atom stereocenters. The molecular weight excluding hydrogens is 232 g/mol. The van der Waals surface area contributed by atoms with E-state index in [1.54, 1.807) is 0 Å². The lowest BCUT2D eigenvalue weighted by Gasteiger charge is -2.28. The highest BCUT2D eigenvalue weighted by Crippen LogP contribution is 2.45. The monoisotopic (exact) mass is 254 g/mol. The number of hydrogen-bond donors (Lipinski definition) is 2. The lowest BCUT2D eigenvalue weighted by molar-refractivity contribution is -0.143. The number of carbonyl (C=O) groups excluding carboxylic acids is 1. The highest BCUT2D eigenvalue weighted by Gasteiger charge is 2.50. The smallest absolute Gasteiger partial charge is 0.317 e. The number of nitrogens with one attached hydrogen (secondary N) is 1. The Morgan fingerprint density at radius 2 is 2.11 bits per heavy atom. The molecule has 0 aromatic rings. The Labute approximate surface area is 108 Å². The Morgan fingerprint density at radius 1 is 1.44 bits per heavy atom. The molecule has 0 radical (unpaired) electrons. The SMILES string of the molecule is CC(C)C1CCCN1C(=O)NCC1(C(=O)O)CC1. The molecule has 5 nitrogen and oxygen atoms in total. The minimum Gasteiger partial charge on any atom is -0.481 e. The molecule has 2 N–H and O–H groups in total. The van der Waals surface area contributed by atoms with Crippen LogP contribution in [0.2, 0.25) is 0 Å². The maximum absolute atomic E-state index is 12.1. The minimum absolute atomic E-state index is 0.0984. The molecule has 102 valence electrons. The summed E-state index contributed by atoms with van der Waals surface area (Å²) >= 11 is 0. The molecule has 1 heterocycles. The number of aliphatic carboxylic acids is 1. The van der Waals surface area contributed by atoms with E-state index in [4.69, 9.17) is 5.11 Å². The van der Waals surface area contributed by atoms with E-state index in [1.165, 1.54) is 0 Å². The van der Waals surface area contributed by atoms with Crippen molar-refractivity contribution in [1.29, 1.82) is 0 Å². The predicted octanol–water partition coefficient (Wildman–Crippen LogP) is 1.68. The van der Waals surface area contributed by atoms with Crippen LogP contribution in [0.1, 0.15) is 39.5 Å². The van der Waals surface area contributed by atoms with Crippen LogP contribution < -0.4 is 5.32 Å². The summed E-state index contributed by atoms with van der Waals surface area (Å²) in [6, 6.07) is 0.198. The summed E-state index contributed by atoms with van der Waals surface area (Å²) in [4.78, 5) is 25.0. The van der Waals surface area contributed by atoms with E-state index in [0.29, 0.717) is 24.8 Å². The van der Waals surface area contributed by atoms with Crippen LogP contribution in [0.5, 0.6) is 0 Å². The maximum atomic E-state index is 12.1. The van der Waals surface area contributed by atoms with Crippen molar-refractivity contribution >= 4 is 12.0 Å². The molecular formula is C13H22N2O3. The number of urea groups is 1. The molecule has 1 aliphatic carbocycles. The zero-order valence-corrected chi connectivity index (χ0v) is 11.1. The third-order valence-corrected chi connectivity index (χ3v) is 4.21. The van der Waals surface area contributed by atoms with E-state index in [-0.39, 0.29) is 12.6 Å². The molecule has 2 rings (SSSR count). The fraction of sp³-hybridized carbons (Fsp3) is 0.846. The largest absolute Gasteiger partial charge is 0.481 e. The van der Waals surface area contributed by atoms with E-state index in [9.17, 15) is 9.59 Å². The van der Waals surface area contributed by atoms with Crippen LogP contribution in [0.4, 0.5) is 4.79 Å². The Balaban J connectivity index is 1.87. The third kappa shape index (κ3) is 2.44. The fourth-order valence-electron chi connectivity index (χ4n) is 2.70. The first-order valence-corrected chi connectivity index (χ1v) is 6.74. The van der Waals surface area contributed by atoms with Gasteiger partial charge in [0.25, 0.3) is 0 Å². The number of carboxylic acids is 1. The van der Waals surface area contributed by atoms with Crippen LogP contribution in [-0.2, 0) is 4.79 Å². The van der Waals surface area contributed by atoms with Crippen molar-refractivity contribution < 1.29 is 14.7 Å². The van der Waals surface area contributed by atoms with Gasteiger partial charge in [-0.3, -0.25) is 4.79 Å². The second-order valence-corrected chi connectivity index (χ2v) is 5.89. The molecule has 1 unspecified atom stereocenters. The highest BCUT2D eigenvalue weighted by atomic mass is 16.4. The molecule has 1 saturated carbocycles. The molecule has 18 heavy (non-hydrogen) atoms. The van der Waals surface area contributed by atoms with Crippen molar-refractivity contribution in [3.63, 3.8) is 0 Å². The number of amides is 2. The van der Waals surface area contributed by atoms with Gasteiger partial charge in [0.2, 0.25) is 0 Å². The van der Waals surface area contributed by atoms with Gasteiger partial charge in [-0.05, 0) is 31.6 Å². The molecule has 0 aromatic heterocycles. The van der Waals surface area contributed by atoms with Gasteiger partial charge in [0, 0.05) is 19.1 Å². The Bertz CT molecular complexity index is 350. The van der Waals surface area contributed by atoms with E-state index >= 15 is 0 Å². The second-order valence-electron chi connectivity index (χ2n) is 5.89. The first kappa shape index (κ1) is 13.2. The summed E-state index contributed by atoms with van der Waals surface area (Å²) in [5.41, 5.74) is -0.678. The van der Waals surface area contributed by atoms with Crippen molar-refractivity contribution in [2.75, 3.05) is 13.1 Å². The molecule has 2 fully saturated rings. The Kier molecular flexibility index (Phi) is 3.50. The summed E-state index contributed by atoms with van der Waals surface area (Å²) in [5.74, 6) is -0.336. The van der Waals surface area contributed by atoms with Crippen LogP contribution in [0.25, 0.3) is 0 Å². The average molecular weight is 254 g/mol. The first-order valence-electron chi connectivity index (χ1n) is 6.74. The van der Waals surface area contributed by atoms with Crippen LogP contribution >= 0.6 is 0 Å². The summed E-state index contributed by atoms with van der Waals surface area (Å²) in [6.07, 6.45) is 3.45. The van der Waals surface area contributed by atoms with Crippen molar-refractivity contribution in [2.24, 2.45) is 11.3 Å². The number of hydrogen-bond acceptors (Lipinski definition) is 2. The second kappa shape index (κ2) is 4.78. The van der Waals surface area contributed by atoms with Crippen molar-refractivity contribution in [1.82, 2.24) is 10.2 Å². The third-order valence-electron chi connectivity index (χ3n) is 4.21. The van der Waals surface area contributed by atoms with E-state index in [2.05, 4.69) is 19.2 Å². The Morgan fingerprint density at radius 3 is 2.61 bits per heavy atom. The number of rotatable bonds is 4. The van der Waals surface area contributed by atoms with Gasteiger partial charge in [-0.1, -0.05) is 13.8 Å². The summed E-state index contributed by atoms with van der Waals surface area (Å²) in [5, 5.41) is 11.9. The molecule has 2 amide bonds. The number of likely N-dealkylation sites (tertiary alicyclic amines) is 1. The van der Waals surface area contributed by atoms with Gasteiger partial charge < -0.3 is 15.3 Å². The number of carbonyl (C=O) groups is 2. The van der Waals surface area contributed by atoms with Gasteiger partial charge in [-0.2, -0.15) is 0 Å². The average Bonchev–Trinajstić information content (AvgIpc) is 2.94. The van der Waals surface area contributed by atoms with Crippen molar-refractivity contribution in [3.05, 3.63) is 0 Å². The molecule has 0 bridgehead atoms. The molecule has 0 spiro atoms. The lowest BCUT2D eigenvalue weighted by atomic mass is 10.0. The van der Waals surface area contributed by atoms with Gasteiger partial charge in [-0.25, -0.2) is 4.79 Å². The van der Waals surface area contributed by atoms with E-state index < -0.39 is 11.4 Å². The topological polar surface area (TPSA) is 69.6 Å². The van der Waals surface area contributed by atoms with Crippen LogP contribution in [-0.4, -0.2) is 41.1 Å². The van der Waals surface area contributed by atoms with Crippen LogP contribution in [0.3, 0.4) is 0 Å². The predicted molar refractivity (Wildman–Crippen MR) is 67.3 cm³/mol. The van der Waals surface area contributed by atoms with Crippen LogP contribution in [0, 0.1) is 11.3 Å². The van der Waals surface area contributed by atoms with Gasteiger partial charge in [0.05, 0.1) is 5.41 Å². The van der Waals surface area contributed by atoms with Gasteiger partial charge >= 0.3 is 12.0 Å². The van der Waals surface area contributed by atoms with E-state index in [0.717, 1.165) is 19.4 Å². The highest BCUT2D eigenvalue weighted by molar-refractivity contribution is 5.80. The van der Waals surface area contributed by atoms with Crippen molar-refractivity contribution in [2.45, 2.75) is 45.6 Å². The molecule has 1 aliphatic heterocycles. The van der Waals surface area contributed by atoms with Crippen LogP contribution in [0.15, 0.2) is 0 Å². The summed E-state index contributed by atoms with van der Waals surface area (Å²) in [6.45, 7) is 5.29. The summed E-state index contributed by atoms with van der Waals surface area (Å²) in [7, 11) is 0. The Hall–Kier alpha value is -1.26. The zero-order valence-electron chi connectivity index (χ0n) is 11.1. The molecule has 5 heteroatoms. The molecule has 0 aromatic carbocycles. The molecule has 2 aliphatic rings. The standard InChI is InChI=1S/C13H22N2O3/c1-9(2)10-4-3-7-15(10)12(18)14-8-13(5-6-13)11(16)17/h9-10H,3-8H2,1-2H3,(H,14,18)(H,16,17).